The van der Waals surface area contributed by atoms with Crippen LogP contribution < -0.4 is 5.32 Å². The smallest absolute Gasteiger partial charge is 0.269 e. The maximum atomic E-state index is 12.7. The molecule has 0 unspecified atom stereocenters. The lowest BCUT2D eigenvalue weighted by Gasteiger charge is -2.04. The lowest BCUT2D eigenvalue weighted by Crippen LogP contribution is -2.25. The number of benzene rings is 1. The van der Waals surface area contributed by atoms with Gasteiger partial charge in [-0.15, -0.1) is 11.8 Å². The van der Waals surface area contributed by atoms with Crippen molar-refractivity contribution in [2.75, 3.05) is 12.3 Å². The molecule has 0 aliphatic rings. The molecule has 0 saturated carbocycles. The lowest BCUT2D eigenvalue weighted by molar-refractivity contribution is 0.0949. The van der Waals surface area contributed by atoms with E-state index in [0.29, 0.717) is 12.2 Å². The Morgan fingerprint density at radius 3 is 2.70 bits per heavy atom. The van der Waals surface area contributed by atoms with Gasteiger partial charge in [0.25, 0.3) is 5.91 Å². The van der Waals surface area contributed by atoms with E-state index in [1.807, 2.05) is 0 Å². The number of nitrogens with one attached hydrogen (secondary N) is 1. The second-order valence-electron chi connectivity index (χ2n) is 4.13. The zero-order valence-corrected chi connectivity index (χ0v) is 11.7. The Kier molecular flexibility index (Phi) is 5.55. The van der Waals surface area contributed by atoms with Gasteiger partial charge in [0.1, 0.15) is 11.5 Å². The summed E-state index contributed by atoms with van der Waals surface area (Å²) in [7, 11) is 0. The molecule has 0 bridgehead atoms. The molecule has 5 heteroatoms. The van der Waals surface area contributed by atoms with Crippen LogP contribution in [0.15, 0.2) is 53.6 Å². The van der Waals surface area contributed by atoms with Gasteiger partial charge >= 0.3 is 0 Å². The SMILES string of the molecule is O=C(NCCCSc1ccc(F)cc1)c1ccccn1. The Balaban J connectivity index is 1.64. The molecule has 1 N–H and O–H groups in total. The topological polar surface area (TPSA) is 42.0 Å². The van der Waals surface area contributed by atoms with Gasteiger partial charge in [0.15, 0.2) is 0 Å². The van der Waals surface area contributed by atoms with E-state index in [0.717, 1.165) is 17.1 Å². The zero-order valence-electron chi connectivity index (χ0n) is 10.9. The van der Waals surface area contributed by atoms with Crippen LogP contribution in [-0.4, -0.2) is 23.2 Å². The normalized spacial score (nSPS) is 10.2. The van der Waals surface area contributed by atoms with Crippen molar-refractivity contribution in [3.8, 4) is 0 Å². The number of carbonyl (C=O) groups is 1. The number of hydrogen-bond acceptors (Lipinski definition) is 3. The molecule has 0 fully saturated rings. The van der Waals surface area contributed by atoms with E-state index in [1.54, 1.807) is 48.3 Å². The third kappa shape index (κ3) is 4.66. The molecule has 0 saturated heterocycles. The first-order valence-electron chi connectivity index (χ1n) is 6.33. The molecule has 1 heterocycles. The number of hydrogen-bond donors (Lipinski definition) is 1. The molecule has 0 spiro atoms. The minimum absolute atomic E-state index is 0.155. The summed E-state index contributed by atoms with van der Waals surface area (Å²) in [6.45, 7) is 0.601. The number of carbonyl (C=O) groups excluding carboxylic acids is 1. The van der Waals surface area contributed by atoms with Crippen LogP contribution in [0.4, 0.5) is 4.39 Å². The van der Waals surface area contributed by atoms with E-state index in [-0.39, 0.29) is 11.7 Å². The summed E-state index contributed by atoms with van der Waals surface area (Å²) in [6, 6.07) is 11.7. The first-order chi connectivity index (χ1) is 9.75. The van der Waals surface area contributed by atoms with Crippen LogP contribution in [0.1, 0.15) is 16.9 Å². The molecule has 20 heavy (non-hydrogen) atoms. The third-order valence-corrected chi connectivity index (χ3v) is 3.68. The van der Waals surface area contributed by atoms with Crippen LogP contribution >= 0.6 is 11.8 Å². The zero-order chi connectivity index (χ0) is 14.2. The molecule has 0 aliphatic heterocycles. The molecule has 1 amide bonds. The minimum atomic E-state index is -0.225. The van der Waals surface area contributed by atoms with E-state index in [4.69, 9.17) is 0 Å². The molecular formula is C15H15FN2OS. The Hall–Kier alpha value is -1.88. The standard InChI is InChI=1S/C15H15FN2OS/c16-12-5-7-13(8-6-12)20-11-3-10-18-15(19)14-4-1-2-9-17-14/h1-2,4-9H,3,10-11H2,(H,18,19). The fourth-order valence-electron chi connectivity index (χ4n) is 1.58. The summed E-state index contributed by atoms with van der Waals surface area (Å²) in [6.07, 6.45) is 2.44. The first kappa shape index (κ1) is 14.5. The number of rotatable bonds is 6. The van der Waals surface area contributed by atoms with Crippen LogP contribution in [-0.2, 0) is 0 Å². The number of nitrogens with zero attached hydrogens (tertiary/aromatic N) is 1. The maximum Gasteiger partial charge on any atom is 0.269 e. The van der Waals surface area contributed by atoms with Gasteiger partial charge < -0.3 is 5.32 Å². The highest BCUT2D eigenvalue weighted by molar-refractivity contribution is 7.99. The van der Waals surface area contributed by atoms with Gasteiger partial charge in [-0.25, -0.2) is 4.39 Å². The molecule has 0 radical (unpaired) electrons. The van der Waals surface area contributed by atoms with Crippen LogP contribution in [0.3, 0.4) is 0 Å². The average Bonchev–Trinajstić information content (AvgIpc) is 2.49. The van der Waals surface area contributed by atoms with Crippen molar-refractivity contribution >= 4 is 17.7 Å². The average molecular weight is 290 g/mol. The van der Waals surface area contributed by atoms with E-state index < -0.39 is 0 Å². The monoisotopic (exact) mass is 290 g/mol. The van der Waals surface area contributed by atoms with Crippen LogP contribution in [0.2, 0.25) is 0 Å². The summed E-state index contributed by atoms with van der Waals surface area (Å²) in [5, 5.41) is 2.82. The minimum Gasteiger partial charge on any atom is -0.351 e. The summed E-state index contributed by atoms with van der Waals surface area (Å²) in [5.41, 5.74) is 0.429. The van der Waals surface area contributed by atoms with E-state index in [9.17, 15) is 9.18 Å². The molecule has 2 rings (SSSR count). The Labute approximate surface area is 121 Å². The van der Waals surface area contributed by atoms with Crippen molar-refractivity contribution < 1.29 is 9.18 Å². The summed E-state index contributed by atoms with van der Waals surface area (Å²) in [4.78, 5) is 16.7. The number of aromatic nitrogens is 1. The van der Waals surface area contributed by atoms with Gasteiger partial charge in [-0.2, -0.15) is 0 Å². The van der Waals surface area contributed by atoms with E-state index in [2.05, 4.69) is 10.3 Å². The van der Waals surface area contributed by atoms with Crippen molar-refractivity contribution in [1.29, 1.82) is 0 Å². The molecular weight excluding hydrogens is 275 g/mol. The Bertz CT molecular complexity index is 546. The molecule has 104 valence electrons. The maximum absolute atomic E-state index is 12.7. The second kappa shape index (κ2) is 7.65. The summed E-state index contributed by atoms with van der Waals surface area (Å²) in [5.74, 6) is 0.489. The van der Waals surface area contributed by atoms with Gasteiger partial charge in [0.2, 0.25) is 0 Å². The summed E-state index contributed by atoms with van der Waals surface area (Å²) < 4.78 is 12.7. The molecule has 1 aromatic heterocycles. The van der Waals surface area contributed by atoms with Gasteiger partial charge in [-0.1, -0.05) is 6.07 Å². The fraction of sp³-hybridized carbons (Fsp3) is 0.200. The van der Waals surface area contributed by atoms with Gasteiger partial charge in [0, 0.05) is 17.6 Å². The highest BCUT2D eigenvalue weighted by Gasteiger charge is 2.04. The van der Waals surface area contributed by atoms with Crippen LogP contribution in [0.25, 0.3) is 0 Å². The largest absolute Gasteiger partial charge is 0.351 e. The fourth-order valence-corrected chi connectivity index (χ4v) is 2.44. The van der Waals surface area contributed by atoms with Crippen molar-refractivity contribution in [3.63, 3.8) is 0 Å². The quantitative estimate of drug-likeness (QED) is 0.656. The van der Waals surface area contributed by atoms with Gasteiger partial charge in [0.05, 0.1) is 0 Å². The van der Waals surface area contributed by atoms with E-state index in [1.165, 1.54) is 12.1 Å². The number of pyridine rings is 1. The van der Waals surface area contributed by atoms with Crippen molar-refractivity contribution in [1.82, 2.24) is 10.3 Å². The lowest BCUT2D eigenvalue weighted by atomic mass is 10.3. The number of thioether (sulfide) groups is 1. The predicted octanol–water partition coefficient (Wildman–Crippen LogP) is 3.13. The van der Waals surface area contributed by atoms with Crippen LogP contribution in [0, 0.1) is 5.82 Å². The second-order valence-corrected chi connectivity index (χ2v) is 5.30. The molecule has 0 atom stereocenters. The predicted molar refractivity (Wildman–Crippen MR) is 78.3 cm³/mol. The molecule has 1 aromatic carbocycles. The van der Waals surface area contributed by atoms with E-state index >= 15 is 0 Å². The Morgan fingerprint density at radius 1 is 1.20 bits per heavy atom. The molecule has 3 nitrogen and oxygen atoms in total. The van der Waals surface area contributed by atoms with Crippen molar-refractivity contribution in [3.05, 3.63) is 60.2 Å². The number of halogens is 1. The van der Waals surface area contributed by atoms with Crippen molar-refractivity contribution in [2.24, 2.45) is 0 Å². The highest BCUT2D eigenvalue weighted by Crippen LogP contribution is 2.18. The Morgan fingerprint density at radius 2 is 2.00 bits per heavy atom. The van der Waals surface area contributed by atoms with Gasteiger partial charge in [-0.3, -0.25) is 9.78 Å². The first-order valence-corrected chi connectivity index (χ1v) is 7.32. The van der Waals surface area contributed by atoms with Gasteiger partial charge in [-0.05, 0) is 48.6 Å². The molecule has 0 aliphatic carbocycles. The number of amides is 1. The third-order valence-electron chi connectivity index (χ3n) is 2.59. The molecule has 2 aromatic rings. The van der Waals surface area contributed by atoms with Crippen LogP contribution in [0.5, 0.6) is 0 Å². The summed E-state index contributed by atoms with van der Waals surface area (Å²) >= 11 is 1.64. The highest BCUT2D eigenvalue weighted by atomic mass is 32.2. The van der Waals surface area contributed by atoms with Crippen molar-refractivity contribution in [2.45, 2.75) is 11.3 Å².